The van der Waals surface area contributed by atoms with Crippen LogP contribution in [0, 0.1) is 13.8 Å². The maximum Gasteiger partial charge on any atom is 0.276 e. The molecular formula is C22H21ClN4O3. The number of benzene rings is 2. The summed E-state index contributed by atoms with van der Waals surface area (Å²) in [6.45, 7) is 3.93. The van der Waals surface area contributed by atoms with E-state index < -0.39 is 17.4 Å². The van der Waals surface area contributed by atoms with Crippen molar-refractivity contribution in [3.05, 3.63) is 92.4 Å². The summed E-state index contributed by atoms with van der Waals surface area (Å²) in [6, 6.07) is 15.2. The van der Waals surface area contributed by atoms with Gasteiger partial charge in [0.1, 0.15) is 12.2 Å². The van der Waals surface area contributed by atoms with Crippen molar-refractivity contribution in [1.82, 2.24) is 15.1 Å². The van der Waals surface area contributed by atoms with E-state index in [4.69, 9.17) is 11.6 Å². The summed E-state index contributed by atoms with van der Waals surface area (Å²) < 4.78 is 0.965. The van der Waals surface area contributed by atoms with Crippen LogP contribution in [0.15, 0.2) is 59.4 Å². The molecule has 8 heteroatoms. The minimum absolute atomic E-state index is 0.0401. The van der Waals surface area contributed by atoms with E-state index in [9.17, 15) is 14.4 Å². The maximum atomic E-state index is 12.5. The number of nitrogens with zero attached hydrogens (tertiary/aromatic N) is 2. The third kappa shape index (κ3) is 5.55. The van der Waals surface area contributed by atoms with Gasteiger partial charge in [0.2, 0.25) is 5.91 Å². The fourth-order valence-electron chi connectivity index (χ4n) is 2.69. The molecule has 0 unspecified atom stereocenters. The Balaban J connectivity index is 1.65. The van der Waals surface area contributed by atoms with Gasteiger partial charge in [0, 0.05) is 23.3 Å². The Morgan fingerprint density at radius 3 is 2.43 bits per heavy atom. The number of hydrogen-bond acceptors (Lipinski definition) is 4. The number of anilines is 1. The normalized spacial score (nSPS) is 10.5. The van der Waals surface area contributed by atoms with Gasteiger partial charge in [0.25, 0.3) is 11.5 Å². The second kappa shape index (κ2) is 9.37. The predicted molar refractivity (Wildman–Crippen MR) is 116 cm³/mol. The van der Waals surface area contributed by atoms with E-state index in [1.165, 1.54) is 12.1 Å². The number of nitrogens with one attached hydrogen (secondary N) is 2. The van der Waals surface area contributed by atoms with Crippen LogP contribution in [-0.2, 0) is 17.9 Å². The summed E-state index contributed by atoms with van der Waals surface area (Å²) in [4.78, 5) is 36.8. The van der Waals surface area contributed by atoms with Gasteiger partial charge in [-0.1, -0.05) is 29.8 Å². The van der Waals surface area contributed by atoms with Gasteiger partial charge in [-0.05, 0) is 60.9 Å². The van der Waals surface area contributed by atoms with Crippen LogP contribution in [0.3, 0.4) is 0 Å². The van der Waals surface area contributed by atoms with Crippen molar-refractivity contribution >= 4 is 29.1 Å². The van der Waals surface area contributed by atoms with Gasteiger partial charge in [0.05, 0.1) is 0 Å². The van der Waals surface area contributed by atoms with E-state index in [-0.39, 0.29) is 18.8 Å². The summed E-state index contributed by atoms with van der Waals surface area (Å²) in [6.07, 6.45) is 0. The van der Waals surface area contributed by atoms with Crippen molar-refractivity contribution in [2.75, 3.05) is 5.32 Å². The molecule has 2 N–H and O–H groups in total. The van der Waals surface area contributed by atoms with Crippen molar-refractivity contribution in [3.63, 3.8) is 0 Å². The first kappa shape index (κ1) is 21.3. The molecule has 0 saturated carbocycles. The van der Waals surface area contributed by atoms with Crippen LogP contribution in [0.1, 0.15) is 27.2 Å². The van der Waals surface area contributed by atoms with Crippen LogP contribution in [-0.4, -0.2) is 21.6 Å². The zero-order chi connectivity index (χ0) is 21.7. The summed E-state index contributed by atoms with van der Waals surface area (Å²) >= 11 is 5.84. The van der Waals surface area contributed by atoms with Crippen LogP contribution >= 0.6 is 11.6 Å². The second-order valence-corrected chi connectivity index (χ2v) is 7.31. The number of hydrogen-bond donors (Lipinski definition) is 2. The van der Waals surface area contributed by atoms with E-state index in [1.54, 1.807) is 30.3 Å². The van der Waals surface area contributed by atoms with E-state index in [2.05, 4.69) is 15.7 Å². The highest BCUT2D eigenvalue weighted by molar-refractivity contribution is 6.30. The minimum atomic E-state index is -0.473. The average Bonchev–Trinajstić information content (AvgIpc) is 2.72. The first-order valence-electron chi connectivity index (χ1n) is 9.30. The fourth-order valence-corrected chi connectivity index (χ4v) is 2.82. The number of halogens is 1. The summed E-state index contributed by atoms with van der Waals surface area (Å²) in [5, 5.41) is 10.1. The third-order valence-corrected chi connectivity index (χ3v) is 4.81. The Bertz CT molecular complexity index is 1140. The highest BCUT2D eigenvalue weighted by atomic mass is 35.5. The third-order valence-electron chi connectivity index (χ3n) is 4.56. The van der Waals surface area contributed by atoms with Crippen molar-refractivity contribution in [1.29, 1.82) is 0 Å². The van der Waals surface area contributed by atoms with Gasteiger partial charge in [-0.15, -0.1) is 0 Å². The van der Waals surface area contributed by atoms with Crippen LogP contribution in [0.25, 0.3) is 0 Å². The van der Waals surface area contributed by atoms with Gasteiger partial charge in [0.15, 0.2) is 0 Å². The molecule has 0 aliphatic carbocycles. The summed E-state index contributed by atoms with van der Waals surface area (Å²) in [5.41, 5.74) is 3.23. The molecule has 0 bridgehead atoms. The zero-order valence-corrected chi connectivity index (χ0v) is 17.4. The Kier molecular flexibility index (Phi) is 6.64. The van der Waals surface area contributed by atoms with Crippen molar-refractivity contribution < 1.29 is 9.59 Å². The lowest BCUT2D eigenvalue weighted by molar-refractivity contribution is -0.122. The van der Waals surface area contributed by atoms with Crippen LogP contribution in [0.5, 0.6) is 0 Å². The first-order chi connectivity index (χ1) is 14.3. The number of aryl methyl sites for hydroxylation is 2. The molecule has 1 heterocycles. The smallest absolute Gasteiger partial charge is 0.276 e. The molecule has 154 valence electrons. The molecule has 0 radical (unpaired) electrons. The zero-order valence-electron chi connectivity index (χ0n) is 16.6. The molecule has 30 heavy (non-hydrogen) atoms. The van der Waals surface area contributed by atoms with Gasteiger partial charge in [-0.3, -0.25) is 14.4 Å². The molecule has 3 rings (SSSR count). The molecule has 0 fully saturated rings. The number of rotatable bonds is 6. The number of carbonyl (C=O) groups excluding carboxylic acids is 2. The molecule has 0 aliphatic heterocycles. The molecule has 2 amide bonds. The quantitative estimate of drug-likeness (QED) is 0.636. The molecule has 7 nitrogen and oxygen atoms in total. The predicted octanol–water partition coefficient (Wildman–Crippen LogP) is 3.08. The number of carbonyl (C=O) groups is 2. The molecule has 0 spiro atoms. The topological polar surface area (TPSA) is 93.1 Å². The highest BCUT2D eigenvalue weighted by Crippen LogP contribution is 2.14. The van der Waals surface area contributed by atoms with Crippen molar-refractivity contribution in [2.45, 2.75) is 26.9 Å². The van der Waals surface area contributed by atoms with Gasteiger partial charge in [-0.25, -0.2) is 4.68 Å². The van der Waals surface area contributed by atoms with E-state index in [0.29, 0.717) is 10.7 Å². The summed E-state index contributed by atoms with van der Waals surface area (Å²) in [7, 11) is 0. The molecular weight excluding hydrogens is 404 g/mol. The van der Waals surface area contributed by atoms with E-state index in [1.807, 2.05) is 26.0 Å². The maximum absolute atomic E-state index is 12.5. The summed E-state index contributed by atoms with van der Waals surface area (Å²) in [5.74, 6) is -0.861. The molecule has 3 aromatic rings. The molecule has 2 aromatic carbocycles. The van der Waals surface area contributed by atoms with Crippen LogP contribution in [0.4, 0.5) is 5.69 Å². The lowest BCUT2D eigenvalue weighted by Gasteiger charge is -2.10. The number of amides is 2. The highest BCUT2D eigenvalue weighted by Gasteiger charge is 2.12. The van der Waals surface area contributed by atoms with Crippen LogP contribution < -0.4 is 16.2 Å². The van der Waals surface area contributed by atoms with Crippen LogP contribution in [0.2, 0.25) is 5.02 Å². The molecule has 0 atom stereocenters. The SMILES string of the molecule is Cc1ccc(NC(=O)c2ccc(=O)n(CC(=O)NCc3ccc(Cl)cc3)n2)cc1C. The van der Waals surface area contributed by atoms with Crippen molar-refractivity contribution in [3.8, 4) is 0 Å². The lowest BCUT2D eigenvalue weighted by atomic mass is 10.1. The lowest BCUT2D eigenvalue weighted by Crippen LogP contribution is -2.34. The average molecular weight is 425 g/mol. The Hall–Kier alpha value is -3.45. The van der Waals surface area contributed by atoms with Gasteiger partial charge < -0.3 is 10.6 Å². The molecule has 0 aliphatic rings. The van der Waals surface area contributed by atoms with Gasteiger partial charge in [-0.2, -0.15) is 5.10 Å². The second-order valence-electron chi connectivity index (χ2n) is 6.87. The van der Waals surface area contributed by atoms with E-state index in [0.717, 1.165) is 21.4 Å². The monoisotopic (exact) mass is 424 g/mol. The van der Waals surface area contributed by atoms with Gasteiger partial charge >= 0.3 is 0 Å². The first-order valence-corrected chi connectivity index (χ1v) is 9.67. The fraction of sp³-hybridized carbons (Fsp3) is 0.182. The standard InChI is InChI=1S/C22H21ClN4O3/c1-14-3-8-18(11-15(14)2)25-22(30)19-9-10-21(29)27(26-19)13-20(28)24-12-16-4-6-17(23)7-5-16/h3-11H,12-13H2,1-2H3,(H,24,28)(H,25,30). The Labute approximate surface area is 178 Å². The molecule has 0 saturated heterocycles. The molecule has 1 aromatic heterocycles. The number of aromatic nitrogens is 2. The van der Waals surface area contributed by atoms with E-state index >= 15 is 0 Å². The van der Waals surface area contributed by atoms with Crippen molar-refractivity contribution in [2.24, 2.45) is 0 Å². The minimum Gasteiger partial charge on any atom is -0.350 e. The largest absolute Gasteiger partial charge is 0.350 e. The Morgan fingerprint density at radius 2 is 1.73 bits per heavy atom. The Morgan fingerprint density at radius 1 is 1.00 bits per heavy atom.